The number of carbonyl (C=O) groups is 3. The van der Waals surface area contributed by atoms with Gasteiger partial charge in [-0.25, -0.2) is 13.2 Å². The molecule has 0 atom stereocenters. The average molecular weight is 440 g/mol. The molecule has 0 saturated heterocycles. The molecular formula is C18H20N2O7S2. The summed E-state index contributed by atoms with van der Waals surface area (Å²) in [4.78, 5) is 35.4. The van der Waals surface area contributed by atoms with Gasteiger partial charge in [0.1, 0.15) is 10.8 Å². The summed E-state index contributed by atoms with van der Waals surface area (Å²) in [5.74, 6) is -0.807. The predicted octanol–water partition coefficient (Wildman–Crippen LogP) is 2.45. The molecule has 0 fully saturated rings. The lowest BCUT2D eigenvalue weighted by Crippen LogP contribution is -2.30. The Bertz CT molecular complexity index is 982. The molecule has 0 aliphatic rings. The first kappa shape index (κ1) is 22.4. The van der Waals surface area contributed by atoms with Crippen molar-refractivity contribution in [2.45, 2.75) is 17.7 Å². The first-order chi connectivity index (χ1) is 13.8. The van der Waals surface area contributed by atoms with E-state index in [9.17, 15) is 22.8 Å². The minimum atomic E-state index is -3.53. The van der Waals surface area contributed by atoms with Crippen LogP contribution in [0.3, 0.4) is 0 Å². The maximum atomic E-state index is 12.3. The Kier molecular flexibility index (Phi) is 7.74. The van der Waals surface area contributed by atoms with Crippen molar-refractivity contribution in [2.24, 2.45) is 0 Å². The zero-order valence-corrected chi connectivity index (χ0v) is 17.4. The van der Waals surface area contributed by atoms with E-state index in [2.05, 4.69) is 10.1 Å². The molecule has 2 rings (SSSR count). The lowest BCUT2D eigenvalue weighted by molar-refractivity contribution is -0.116. The topological polar surface area (TPSA) is 128 Å². The number of methoxy groups -OCH3 is 2. The molecule has 0 aliphatic carbocycles. The molecule has 9 nitrogen and oxygen atoms in total. The summed E-state index contributed by atoms with van der Waals surface area (Å²) in [5, 5.41) is 6.40. The number of amides is 3. The fourth-order valence-corrected chi connectivity index (χ4v) is 4.42. The standard InChI is InChI=1S/C18H20N2O7S2/c1-26-12-5-7-13(8-6-12)29(24,25)11-3-4-15(21)19-17-14(9-10-28-17)16(22)20-18(23)27-2/h5-10H,3-4,11H2,1-2H3,(H,19,21)(H,20,22,23). The summed E-state index contributed by atoms with van der Waals surface area (Å²) in [6.45, 7) is 0. The molecule has 0 radical (unpaired) electrons. The number of carbonyl (C=O) groups excluding carboxylic acids is 3. The van der Waals surface area contributed by atoms with Gasteiger partial charge < -0.3 is 14.8 Å². The molecule has 2 aromatic rings. The number of thiophene rings is 1. The summed E-state index contributed by atoms with van der Waals surface area (Å²) in [7, 11) is -0.919. The first-order valence-corrected chi connectivity index (χ1v) is 10.9. The molecule has 0 unspecified atom stereocenters. The Morgan fingerprint density at radius 3 is 2.38 bits per heavy atom. The Balaban J connectivity index is 1.89. The van der Waals surface area contributed by atoms with Crippen LogP contribution in [0.5, 0.6) is 5.75 Å². The second-order valence-corrected chi connectivity index (χ2v) is 8.78. The van der Waals surface area contributed by atoms with E-state index in [0.717, 1.165) is 18.4 Å². The third-order valence-corrected chi connectivity index (χ3v) is 6.45. The molecule has 11 heteroatoms. The van der Waals surface area contributed by atoms with Crippen LogP contribution in [-0.2, 0) is 19.4 Å². The van der Waals surface area contributed by atoms with Crippen LogP contribution in [-0.4, -0.2) is 46.3 Å². The van der Waals surface area contributed by atoms with Gasteiger partial charge in [0, 0.05) is 6.42 Å². The van der Waals surface area contributed by atoms with E-state index >= 15 is 0 Å². The van der Waals surface area contributed by atoms with E-state index in [4.69, 9.17) is 4.74 Å². The highest BCUT2D eigenvalue weighted by atomic mass is 32.2. The van der Waals surface area contributed by atoms with E-state index in [1.807, 2.05) is 5.32 Å². The molecule has 0 bridgehead atoms. The van der Waals surface area contributed by atoms with Gasteiger partial charge in [-0.1, -0.05) is 0 Å². The third-order valence-electron chi connectivity index (χ3n) is 3.80. The van der Waals surface area contributed by atoms with E-state index in [1.165, 1.54) is 25.3 Å². The molecule has 0 spiro atoms. The molecule has 3 amide bonds. The summed E-state index contributed by atoms with van der Waals surface area (Å²) >= 11 is 1.11. The lowest BCUT2D eigenvalue weighted by atomic mass is 10.3. The highest BCUT2D eigenvalue weighted by molar-refractivity contribution is 7.91. The van der Waals surface area contributed by atoms with Crippen molar-refractivity contribution in [1.29, 1.82) is 0 Å². The molecule has 2 N–H and O–H groups in total. The summed E-state index contributed by atoms with van der Waals surface area (Å²) < 4.78 is 34.0. The largest absolute Gasteiger partial charge is 0.497 e. The van der Waals surface area contributed by atoms with Crippen molar-refractivity contribution in [1.82, 2.24) is 5.32 Å². The van der Waals surface area contributed by atoms with E-state index < -0.39 is 27.7 Å². The van der Waals surface area contributed by atoms with Crippen LogP contribution in [0, 0.1) is 0 Å². The number of nitrogens with one attached hydrogen (secondary N) is 2. The van der Waals surface area contributed by atoms with Gasteiger partial charge in [-0.05, 0) is 42.1 Å². The highest BCUT2D eigenvalue weighted by Crippen LogP contribution is 2.24. The molecule has 1 aromatic carbocycles. The quantitative estimate of drug-likeness (QED) is 0.645. The second-order valence-electron chi connectivity index (χ2n) is 5.76. The smallest absolute Gasteiger partial charge is 0.413 e. The van der Waals surface area contributed by atoms with Crippen LogP contribution in [0.15, 0.2) is 40.6 Å². The zero-order valence-electron chi connectivity index (χ0n) is 15.8. The van der Waals surface area contributed by atoms with Crippen LogP contribution < -0.4 is 15.4 Å². The number of hydrogen-bond donors (Lipinski definition) is 2. The molecule has 1 heterocycles. The van der Waals surface area contributed by atoms with Crippen molar-refractivity contribution in [3.8, 4) is 5.75 Å². The number of alkyl carbamates (subject to hydrolysis) is 1. The van der Waals surface area contributed by atoms with Gasteiger partial charge in [0.15, 0.2) is 9.84 Å². The van der Waals surface area contributed by atoms with Crippen molar-refractivity contribution in [2.75, 3.05) is 25.3 Å². The zero-order chi connectivity index (χ0) is 21.4. The number of rotatable bonds is 8. The lowest BCUT2D eigenvalue weighted by Gasteiger charge is -2.07. The van der Waals surface area contributed by atoms with Crippen LogP contribution in [0.4, 0.5) is 9.80 Å². The fraction of sp³-hybridized carbons (Fsp3) is 0.278. The summed E-state index contributed by atoms with van der Waals surface area (Å²) in [6.07, 6.45) is -0.858. The van der Waals surface area contributed by atoms with Crippen molar-refractivity contribution in [3.63, 3.8) is 0 Å². The van der Waals surface area contributed by atoms with Crippen LogP contribution in [0.25, 0.3) is 0 Å². The number of hydrogen-bond acceptors (Lipinski definition) is 8. The number of benzene rings is 1. The molecule has 0 saturated carbocycles. The van der Waals surface area contributed by atoms with Crippen molar-refractivity contribution >= 4 is 44.1 Å². The first-order valence-electron chi connectivity index (χ1n) is 8.40. The Morgan fingerprint density at radius 1 is 1.07 bits per heavy atom. The number of ether oxygens (including phenoxy) is 2. The molecule has 1 aromatic heterocycles. The van der Waals surface area contributed by atoms with Crippen molar-refractivity contribution in [3.05, 3.63) is 41.3 Å². The number of sulfone groups is 1. The number of anilines is 1. The van der Waals surface area contributed by atoms with Gasteiger partial charge in [-0.2, -0.15) is 0 Å². The Labute approximate surface area is 171 Å². The molecule has 29 heavy (non-hydrogen) atoms. The average Bonchev–Trinajstić information content (AvgIpc) is 3.15. The third kappa shape index (κ3) is 6.29. The highest BCUT2D eigenvalue weighted by Gasteiger charge is 2.19. The number of imide groups is 1. The van der Waals surface area contributed by atoms with Gasteiger partial charge in [0.2, 0.25) is 5.91 Å². The molecular weight excluding hydrogens is 420 g/mol. The molecule has 0 aliphatic heterocycles. The van der Waals surface area contributed by atoms with E-state index in [1.54, 1.807) is 17.5 Å². The summed E-state index contributed by atoms with van der Waals surface area (Å²) in [6, 6.07) is 7.46. The Morgan fingerprint density at radius 2 is 1.76 bits per heavy atom. The van der Waals surface area contributed by atoms with Gasteiger partial charge in [0.05, 0.1) is 30.4 Å². The molecule has 156 valence electrons. The van der Waals surface area contributed by atoms with Crippen LogP contribution >= 0.6 is 11.3 Å². The minimum Gasteiger partial charge on any atom is -0.497 e. The summed E-state index contributed by atoms with van der Waals surface area (Å²) in [5.41, 5.74) is 0.111. The van der Waals surface area contributed by atoms with Gasteiger partial charge in [-0.15, -0.1) is 11.3 Å². The SMILES string of the molecule is COC(=O)NC(=O)c1ccsc1NC(=O)CCCS(=O)(=O)c1ccc(OC)cc1. The maximum absolute atomic E-state index is 12.3. The fourth-order valence-electron chi connectivity index (χ4n) is 2.31. The van der Waals surface area contributed by atoms with E-state index in [0.29, 0.717) is 5.75 Å². The van der Waals surface area contributed by atoms with Crippen molar-refractivity contribution < 1.29 is 32.3 Å². The minimum absolute atomic E-state index is 0.0503. The second kappa shape index (κ2) is 10.0. The maximum Gasteiger partial charge on any atom is 0.413 e. The van der Waals surface area contributed by atoms with E-state index in [-0.39, 0.29) is 34.1 Å². The van der Waals surface area contributed by atoms with Gasteiger partial charge in [-0.3, -0.25) is 14.9 Å². The van der Waals surface area contributed by atoms with Gasteiger partial charge in [0.25, 0.3) is 5.91 Å². The van der Waals surface area contributed by atoms with Gasteiger partial charge >= 0.3 is 6.09 Å². The van der Waals surface area contributed by atoms with Crippen LogP contribution in [0.2, 0.25) is 0 Å². The monoisotopic (exact) mass is 440 g/mol. The van der Waals surface area contributed by atoms with Crippen LogP contribution in [0.1, 0.15) is 23.2 Å². The Hall–Kier alpha value is -2.92. The normalized spacial score (nSPS) is 10.8. The predicted molar refractivity (Wildman–Crippen MR) is 107 cm³/mol.